The molecule has 0 radical (unpaired) electrons. The van der Waals surface area contributed by atoms with Gasteiger partial charge in [0.2, 0.25) is 0 Å². The lowest BCUT2D eigenvalue weighted by Gasteiger charge is -2.11. The van der Waals surface area contributed by atoms with Crippen molar-refractivity contribution in [3.63, 3.8) is 0 Å². The van der Waals surface area contributed by atoms with Gasteiger partial charge in [-0.25, -0.2) is 4.98 Å². The van der Waals surface area contributed by atoms with E-state index in [2.05, 4.69) is 9.88 Å². The van der Waals surface area contributed by atoms with Crippen molar-refractivity contribution in [3.8, 4) is 5.75 Å². The van der Waals surface area contributed by atoms with Gasteiger partial charge in [0.1, 0.15) is 11.6 Å². The molecule has 0 saturated carbocycles. The average Bonchev–Trinajstić information content (AvgIpc) is 3.10. The first-order chi connectivity index (χ1) is 13.7. The van der Waals surface area contributed by atoms with E-state index in [1.807, 2.05) is 66.7 Å². The molecule has 0 aliphatic heterocycles. The second kappa shape index (κ2) is 7.96. The van der Waals surface area contributed by atoms with Crippen molar-refractivity contribution in [3.05, 3.63) is 95.8 Å². The molecule has 4 rings (SSSR count). The number of hydrogen-bond donors (Lipinski definition) is 1. The maximum absolute atomic E-state index is 12.4. The SMILES string of the molecule is COc1ccc(Cn2c(CNC(=O)c3ccccc3)nc3ccccc32)cc1. The highest BCUT2D eigenvalue weighted by Gasteiger charge is 2.13. The molecule has 1 N–H and O–H groups in total. The largest absolute Gasteiger partial charge is 0.497 e. The average molecular weight is 371 g/mol. The molecule has 0 spiro atoms. The number of imidazole rings is 1. The van der Waals surface area contributed by atoms with E-state index in [1.165, 1.54) is 0 Å². The minimum absolute atomic E-state index is 0.108. The fourth-order valence-electron chi connectivity index (χ4n) is 3.20. The summed E-state index contributed by atoms with van der Waals surface area (Å²) in [5, 5.41) is 2.98. The number of nitrogens with zero attached hydrogens (tertiary/aromatic N) is 2. The number of para-hydroxylation sites is 2. The number of nitrogens with one attached hydrogen (secondary N) is 1. The molecule has 1 aromatic heterocycles. The second-order valence-corrected chi connectivity index (χ2v) is 6.50. The minimum atomic E-state index is -0.108. The summed E-state index contributed by atoms with van der Waals surface area (Å²) in [5.74, 6) is 1.54. The third-order valence-electron chi connectivity index (χ3n) is 4.68. The number of ether oxygens (including phenoxy) is 1. The van der Waals surface area contributed by atoms with E-state index in [1.54, 1.807) is 19.2 Å². The number of aromatic nitrogens is 2. The third kappa shape index (κ3) is 3.74. The Kier molecular flexibility index (Phi) is 5.06. The van der Waals surface area contributed by atoms with Gasteiger partial charge in [-0.1, -0.05) is 42.5 Å². The van der Waals surface area contributed by atoms with Gasteiger partial charge < -0.3 is 14.6 Å². The molecular formula is C23H21N3O2. The van der Waals surface area contributed by atoms with Gasteiger partial charge in [-0.2, -0.15) is 0 Å². The van der Waals surface area contributed by atoms with Crippen LogP contribution in [0.2, 0.25) is 0 Å². The normalized spacial score (nSPS) is 10.8. The number of fused-ring (bicyclic) bond motifs is 1. The fourth-order valence-corrected chi connectivity index (χ4v) is 3.20. The Labute approximate surface area is 163 Å². The van der Waals surface area contributed by atoms with E-state index in [-0.39, 0.29) is 5.91 Å². The molecule has 1 heterocycles. The molecular weight excluding hydrogens is 350 g/mol. The number of hydrogen-bond acceptors (Lipinski definition) is 3. The van der Waals surface area contributed by atoms with E-state index in [4.69, 9.17) is 9.72 Å². The zero-order valence-corrected chi connectivity index (χ0v) is 15.6. The summed E-state index contributed by atoms with van der Waals surface area (Å²) in [5.41, 5.74) is 3.74. The summed E-state index contributed by atoms with van der Waals surface area (Å²) in [6.07, 6.45) is 0. The van der Waals surface area contributed by atoms with Gasteiger partial charge in [-0.3, -0.25) is 4.79 Å². The zero-order valence-electron chi connectivity index (χ0n) is 15.6. The van der Waals surface area contributed by atoms with Gasteiger partial charge in [0.25, 0.3) is 5.91 Å². The molecule has 5 nitrogen and oxygen atoms in total. The second-order valence-electron chi connectivity index (χ2n) is 6.50. The number of benzene rings is 3. The summed E-state index contributed by atoms with van der Waals surface area (Å²) in [4.78, 5) is 17.1. The Hall–Kier alpha value is -3.60. The van der Waals surface area contributed by atoms with Crippen LogP contribution >= 0.6 is 0 Å². The quantitative estimate of drug-likeness (QED) is 0.557. The Bertz CT molecular complexity index is 1090. The van der Waals surface area contributed by atoms with Crippen LogP contribution in [0.4, 0.5) is 0 Å². The van der Waals surface area contributed by atoms with Crippen LogP contribution in [-0.4, -0.2) is 22.6 Å². The molecule has 0 unspecified atom stereocenters. The molecule has 0 aliphatic rings. The number of methoxy groups -OCH3 is 1. The molecule has 0 atom stereocenters. The van der Waals surface area contributed by atoms with Crippen molar-refractivity contribution in [2.75, 3.05) is 7.11 Å². The van der Waals surface area contributed by atoms with Crippen LogP contribution in [0.15, 0.2) is 78.9 Å². The molecule has 0 bridgehead atoms. The molecule has 0 fully saturated rings. The molecule has 0 aliphatic carbocycles. The van der Waals surface area contributed by atoms with Crippen molar-refractivity contribution < 1.29 is 9.53 Å². The van der Waals surface area contributed by atoms with Crippen molar-refractivity contribution in [1.29, 1.82) is 0 Å². The highest BCUT2D eigenvalue weighted by atomic mass is 16.5. The van der Waals surface area contributed by atoms with Crippen molar-refractivity contribution in [2.45, 2.75) is 13.1 Å². The van der Waals surface area contributed by atoms with Crippen LogP contribution in [0.1, 0.15) is 21.7 Å². The summed E-state index contributed by atoms with van der Waals surface area (Å²) in [7, 11) is 1.66. The monoisotopic (exact) mass is 371 g/mol. The van der Waals surface area contributed by atoms with E-state index in [9.17, 15) is 4.79 Å². The Morgan fingerprint density at radius 1 is 0.964 bits per heavy atom. The van der Waals surface area contributed by atoms with E-state index >= 15 is 0 Å². The third-order valence-corrected chi connectivity index (χ3v) is 4.68. The van der Waals surface area contributed by atoms with Crippen molar-refractivity contribution in [1.82, 2.24) is 14.9 Å². The van der Waals surface area contributed by atoms with E-state index in [0.717, 1.165) is 28.2 Å². The number of carbonyl (C=O) groups is 1. The van der Waals surface area contributed by atoms with Gasteiger partial charge in [0, 0.05) is 12.1 Å². The van der Waals surface area contributed by atoms with Gasteiger partial charge in [-0.05, 0) is 42.0 Å². The maximum Gasteiger partial charge on any atom is 0.251 e. The highest BCUT2D eigenvalue weighted by Crippen LogP contribution is 2.19. The zero-order chi connectivity index (χ0) is 19.3. The summed E-state index contributed by atoms with van der Waals surface area (Å²) >= 11 is 0. The smallest absolute Gasteiger partial charge is 0.251 e. The maximum atomic E-state index is 12.4. The van der Waals surface area contributed by atoms with Crippen LogP contribution < -0.4 is 10.1 Å². The summed E-state index contributed by atoms with van der Waals surface area (Å²) in [6, 6.07) is 25.2. The first kappa shape index (κ1) is 17.8. The van der Waals surface area contributed by atoms with Crippen LogP contribution in [0.3, 0.4) is 0 Å². The van der Waals surface area contributed by atoms with Crippen LogP contribution in [0.25, 0.3) is 11.0 Å². The lowest BCUT2D eigenvalue weighted by molar-refractivity contribution is 0.0949. The number of carbonyl (C=O) groups excluding carboxylic acids is 1. The van der Waals surface area contributed by atoms with E-state index < -0.39 is 0 Å². The van der Waals surface area contributed by atoms with Crippen LogP contribution in [0.5, 0.6) is 5.75 Å². The molecule has 5 heteroatoms. The molecule has 140 valence electrons. The molecule has 1 amide bonds. The predicted octanol–water partition coefficient (Wildman–Crippen LogP) is 4.02. The topological polar surface area (TPSA) is 56.1 Å². The number of amides is 1. The Morgan fingerprint density at radius 2 is 1.68 bits per heavy atom. The Morgan fingerprint density at radius 3 is 2.43 bits per heavy atom. The lowest BCUT2D eigenvalue weighted by Crippen LogP contribution is -2.24. The molecule has 3 aromatic carbocycles. The van der Waals surface area contributed by atoms with Crippen molar-refractivity contribution in [2.24, 2.45) is 0 Å². The lowest BCUT2D eigenvalue weighted by atomic mass is 10.2. The minimum Gasteiger partial charge on any atom is -0.497 e. The summed E-state index contributed by atoms with van der Waals surface area (Å²) in [6.45, 7) is 1.03. The standard InChI is InChI=1S/C23H21N3O2/c1-28-19-13-11-17(12-14-19)16-26-21-10-6-5-9-20(21)25-22(26)15-24-23(27)18-7-3-2-4-8-18/h2-14H,15-16H2,1H3,(H,24,27). The first-order valence-corrected chi connectivity index (χ1v) is 9.15. The number of rotatable bonds is 6. The highest BCUT2D eigenvalue weighted by molar-refractivity contribution is 5.94. The molecule has 28 heavy (non-hydrogen) atoms. The molecule has 0 saturated heterocycles. The predicted molar refractivity (Wildman–Crippen MR) is 109 cm³/mol. The fraction of sp³-hybridized carbons (Fsp3) is 0.130. The van der Waals surface area contributed by atoms with Gasteiger partial charge in [-0.15, -0.1) is 0 Å². The van der Waals surface area contributed by atoms with Gasteiger partial charge in [0.15, 0.2) is 0 Å². The van der Waals surface area contributed by atoms with Crippen LogP contribution in [-0.2, 0) is 13.1 Å². The summed E-state index contributed by atoms with van der Waals surface area (Å²) < 4.78 is 7.38. The first-order valence-electron chi connectivity index (χ1n) is 9.15. The van der Waals surface area contributed by atoms with Gasteiger partial charge in [0.05, 0.1) is 24.7 Å². The Balaban J connectivity index is 1.60. The van der Waals surface area contributed by atoms with Crippen molar-refractivity contribution >= 4 is 16.9 Å². The van der Waals surface area contributed by atoms with Gasteiger partial charge >= 0.3 is 0 Å². The molecule has 4 aromatic rings. The van der Waals surface area contributed by atoms with E-state index in [0.29, 0.717) is 18.7 Å². The van der Waals surface area contributed by atoms with Crippen LogP contribution in [0, 0.1) is 0 Å².